The monoisotopic (exact) mass is 438 g/mol. The molecule has 1 atom stereocenters. The van der Waals surface area contributed by atoms with Crippen LogP contribution in [0.5, 0.6) is 0 Å². The Morgan fingerprint density at radius 3 is 2.79 bits per heavy atom. The smallest absolute Gasteiger partial charge is 0.240 e. The van der Waals surface area contributed by atoms with E-state index in [1.807, 2.05) is 18.7 Å². The number of imidazole rings is 1. The van der Waals surface area contributed by atoms with Gasteiger partial charge in [0.15, 0.2) is 5.16 Å². The molecule has 2 N–H and O–H groups in total. The molecule has 7 nitrogen and oxygen atoms in total. The van der Waals surface area contributed by atoms with Gasteiger partial charge in [-0.3, -0.25) is 4.79 Å². The lowest BCUT2D eigenvalue weighted by Gasteiger charge is -2.31. The highest BCUT2D eigenvalue weighted by Crippen LogP contribution is 2.27. The Hall–Kier alpha value is -1.58. The third-order valence-corrected chi connectivity index (χ3v) is 7.73. The molecular formula is C20H30N4O3S2. The highest BCUT2D eigenvalue weighted by atomic mass is 32.2. The summed E-state index contributed by atoms with van der Waals surface area (Å²) in [5.41, 5.74) is 1.34. The van der Waals surface area contributed by atoms with Gasteiger partial charge in [0, 0.05) is 19.6 Å². The Bertz CT molecular complexity index is 950. The predicted molar refractivity (Wildman–Crippen MR) is 116 cm³/mol. The summed E-state index contributed by atoms with van der Waals surface area (Å²) in [5, 5.41) is 0.377. The molecule has 1 aliphatic heterocycles. The number of piperidine rings is 1. The van der Waals surface area contributed by atoms with Gasteiger partial charge in [-0.25, -0.2) is 18.1 Å². The largest absolute Gasteiger partial charge is 0.342 e. The Kier molecular flexibility index (Phi) is 7.23. The van der Waals surface area contributed by atoms with Gasteiger partial charge in [0.05, 0.1) is 21.2 Å². The van der Waals surface area contributed by atoms with E-state index in [0.29, 0.717) is 28.7 Å². The van der Waals surface area contributed by atoms with E-state index >= 15 is 0 Å². The van der Waals surface area contributed by atoms with Gasteiger partial charge in [-0.1, -0.05) is 32.0 Å². The number of sulfonamides is 1. The highest BCUT2D eigenvalue weighted by molar-refractivity contribution is 8.00. The summed E-state index contributed by atoms with van der Waals surface area (Å²) in [6.45, 7) is 8.19. The van der Waals surface area contributed by atoms with Crippen molar-refractivity contribution >= 4 is 38.7 Å². The third-order valence-electron chi connectivity index (χ3n) is 5.30. The molecule has 1 aromatic heterocycles. The molecule has 1 saturated heterocycles. The fourth-order valence-electron chi connectivity index (χ4n) is 3.36. The van der Waals surface area contributed by atoms with Crippen molar-refractivity contribution < 1.29 is 13.2 Å². The van der Waals surface area contributed by atoms with Gasteiger partial charge in [0.2, 0.25) is 15.9 Å². The highest BCUT2D eigenvalue weighted by Gasteiger charge is 2.26. The first-order valence-corrected chi connectivity index (χ1v) is 12.6. The van der Waals surface area contributed by atoms with Crippen LogP contribution in [0.1, 0.15) is 46.5 Å². The Morgan fingerprint density at radius 2 is 2.10 bits per heavy atom. The van der Waals surface area contributed by atoms with Crippen molar-refractivity contribution in [3.05, 3.63) is 18.2 Å². The fourth-order valence-corrected chi connectivity index (χ4v) is 5.36. The van der Waals surface area contributed by atoms with Gasteiger partial charge in [-0.15, -0.1) is 0 Å². The molecular weight excluding hydrogens is 408 g/mol. The Morgan fingerprint density at radius 1 is 1.38 bits per heavy atom. The Labute approximate surface area is 177 Å². The van der Waals surface area contributed by atoms with E-state index < -0.39 is 10.0 Å². The number of carbonyl (C=O) groups excluding carboxylic acids is 1. The SMILES string of the molecule is CCCCNS(=O)(=O)c1ccc2nc(SC(C)C(=O)N3CCC(C)CC3)[nH]c2c1. The molecule has 29 heavy (non-hydrogen) atoms. The lowest BCUT2D eigenvalue weighted by molar-refractivity contribution is -0.131. The second-order valence-electron chi connectivity index (χ2n) is 7.74. The molecule has 1 amide bonds. The summed E-state index contributed by atoms with van der Waals surface area (Å²) in [4.78, 5) is 22.5. The van der Waals surface area contributed by atoms with E-state index in [0.717, 1.165) is 38.8 Å². The normalized spacial score (nSPS) is 17.0. The summed E-state index contributed by atoms with van der Waals surface area (Å²) in [7, 11) is -3.54. The molecule has 0 bridgehead atoms. The van der Waals surface area contributed by atoms with Crippen molar-refractivity contribution in [1.29, 1.82) is 0 Å². The van der Waals surface area contributed by atoms with Crippen LogP contribution in [0.15, 0.2) is 28.3 Å². The van der Waals surface area contributed by atoms with E-state index in [1.165, 1.54) is 11.8 Å². The summed E-state index contributed by atoms with van der Waals surface area (Å²) >= 11 is 1.38. The maximum absolute atomic E-state index is 12.7. The van der Waals surface area contributed by atoms with Crippen molar-refractivity contribution in [1.82, 2.24) is 19.6 Å². The van der Waals surface area contributed by atoms with Crippen molar-refractivity contribution in [3.8, 4) is 0 Å². The number of hydrogen-bond donors (Lipinski definition) is 2. The number of H-pyrrole nitrogens is 1. The van der Waals surface area contributed by atoms with E-state index in [1.54, 1.807) is 18.2 Å². The van der Waals surface area contributed by atoms with E-state index in [-0.39, 0.29) is 16.1 Å². The van der Waals surface area contributed by atoms with Crippen molar-refractivity contribution in [2.45, 2.75) is 61.8 Å². The number of nitrogens with zero attached hydrogens (tertiary/aromatic N) is 2. The zero-order valence-electron chi connectivity index (χ0n) is 17.3. The van der Waals surface area contributed by atoms with Gasteiger partial charge in [-0.05, 0) is 50.3 Å². The van der Waals surface area contributed by atoms with Crippen LogP contribution in [0.2, 0.25) is 0 Å². The first kappa shape index (κ1) is 22.1. The zero-order chi connectivity index (χ0) is 21.0. The van der Waals surface area contributed by atoms with Crippen molar-refractivity contribution in [3.63, 3.8) is 0 Å². The Balaban J connectivity index is 1.69. The number of amides is 1. The molecule has 1 unspecified atom stereocenters. The molecule has 1 aromatic carbocycles. The average Bonchev–Trinajstić information content (AvgIpc) is 3.09. The minimum atomic E-state index is -3.54. The number of likely N-dealkylation sites (tertiary alicyclic amines) is 1. The first-order valence-electron chi connectivity index (χ1n) is 10.2. The number of aromatic nitrogens is 2. The summed E-state index contributed by atoms with van der Waals surface area (Å²) in [6, 6.07) is 4.86. The maximum atomic E-state index is 12.7. The molecule has 0 radical (unpaired) electrons. The van der Waals surface area contributed by atoms with Gasteiger partial charge < -0.3 is 9.88 Å². The van der Waals surface area contributed by atoms with Crippen LogP contribution in [-0.2, 0) is 14.8 Å². The number of hydrogen-bond acceptors (Lipinski definition) is 5. The quantitative estimate of drug-likeness (QED) is 0.487. The molecule has 3 rings (SSSR count). The van der Waals surface area contributed by atoms with E-state index in [2.05, 4.69) is 21.6 Å². The number of benzene rings is 1. The molecule has 160 valence electrons. The molecule has 1 aliphatic rings. The van der Waals surface area contributed by atoms with Crippen molar-refractivity contribution in [2.75, 3.05) is 19.6 Å². The molecule has 0 aliphatic carbocycles. The van der Waals surface area contributed by atoms with Crippen LogP contribution < -0.4 is 4.72 Å². The minimum Gasteiger partial charge on any atom is -0.342 e. The zero-order valence-corrected chi connectivity index (χ0v) is 18.9. The fraction of sp³-hybridized carbons (Fsp3) is 0.600. The number of unbranched alkanes of at least 4 members (excludes halogenated alkanes) is 1. The summed E-state index contributed by atoms with van der Waals surface area (Å²) in [5.74, 6) is 0.810. The van der Waals surface area contributed by atoms with Crippen LogP contribution in [0, 0.1) is 5.92 Å². The minimum absolute atomic E-state index is 0.130. The number of aromatic amines is 1. The van der Waals surface area contributed by atoms with Gasteiger partial charge in [0.1, 0.15) is 0 Å². The van der Waals surface area contributed by atoms with Gasteiger partial charge >= 0.3 is 0 Å². The predicted octanol–water partition coefficient (Wildman–Crippen LogP) is 3.38. The topological polar surface area (TPSA) is 95.2 Å². The second-order valence-corrected chi connectivity index (χ2v) is 10.8. The summed E-state index contributed by atoms with van der Waals surface area (Å²) < 4.78 is 27.5. The number of carbonyl (C=O) groups is 1. The first-order chi connectivity index (χ1) is 13.8. The van der Waals surface area contributed by atoms with Crippen LogP contribution in [0.25, 0.3) is 11.0 Å². The average molecular weight is 439 g/mol. The number of fused-ring (bicyclic) bond motifs is 1. The standard InChI is InChI=1S/C20H30N4O3S2/c1-4-5-10-21-29(26,27)16-6-7-17-18(13-16)23-20(22-17)28-15(3)19(25)24-11-8-14(2)9-12-24/h6-7,13-15,21H,4-5,8-12H2,1-3H3,(H,22,23). The van der Waals surface area contributed by atoms with Gasteiger partial charge in [0.25, 0.3) is 0 Å². The third kappa shape index (κ3) is 5.52. The lowest BCUT2D eigenvalue weighted by atomic mass is 9.99. The molecule has 0 saturated carbocycles. The number of nitrogens with one attached hydrogen (secondary N) is 2. The number of thioether (sulfide) groups is 1. The van der Waals surface area contributed by atoms with Crippen LogP contribution in [0.4, 0.5) is 0 Å². The van der Waals surface area contributed by atoms with Gasteiger partial charge in [-0.2, -0.15) is 0 Å². The van der Waals surface area contributed by atoms with Crippen LogP contribution in [0.3, 0.4) is 0 Å². The molecule has 1 fully saturated rings. The van der Waals surface area contributed by atoms with Crippen LogP contribution >= 0.6 is 11.8 Å². The molecule has 0 spiro atoms. The van der Waals surface area contributed by atoms with E-state index in [9.17, 15) is 13.2 Å². The number of rotatable bonds is 8. The second kappa shape index (κ2) is 9.49. The van der Waals surface area contributed by atoms with Crippen LogP contribution in [-0.4, -0.2) is 54.1 Å². The molecule has 9 heteroatoms. The van der Waals surface area contributed by atoms with Crippen molar-refractivity contribution in [2.24, 2.45) is 5.92 Å². The molecule has 2 aromatic rings. The lowest BCUT2D eigenvalue weighted by Crippen LogP contribution is -2.41. The maximum Gasteiger partial charge on any atom is 0.240 e. The molecule has 2 heterocycles. The van der Waals surface area contributed by atoms with E-state index in [4.69, 9.17) is 0 Å². The summed E-state index contributed by atoms with van der Waals surface area (Å²) in [6.07, 6.45) is 3.83.